The smallest absolute Gasteiger partial charge is 0.113 e. The quantitative estimate of drug-likeness (QED) is 0.767. The molecule has 1 aliphatic rings. The zero-order valence-corrected chi connectivity index (χ0v) is 9.87. The van der Waals surface area contributed by atoms with Crippen molar-refractivity contribution in [3.63, 3.8) is 0 Å². The minimum atomic E-state index is 0.436. The standard InChI is InChI=1S/C9H8Cl3N3/c10-5-3-7(12)8(4-6(5)11)15-2-1-9(13)14-15/h1,3-4,14H,2,13H2. The Morgan fingerprint density at radius 1 is 1.13 bits per heavy atom. The largest absolute Gasteiger partial charge is 0.384 e. The van der Waals surface area contributed by atoms with Crippen LogP contribution in [0, 0.1) is 0 Å². The van der Waals surface area contributed by atoms with E-state index in [0.717, 1.165) is 5.69 Å². The Hall–Kier alpha value is -0.770. The average molecular weight is 265 g/mol. The van der Waals surface area contributed by atoms with Gasteiger partial charge in [0.15, 0.2) is 0 Å². The van der Waals surface area contributed by atoms with Crippen molar-refractivity contribution in [2.24, 2.45) is 5.73 Å². The van der Waals surface area contributed by atoms with Gasteiger partial charge in [-0.05, 0) is 18.2 Å². The van der Waals surface area contributed by atoms with Crippen molar-refractivity contribution in [3.8, 4) is 0 Å². The molecule has 80 valence electrons. The molecule has 6 heteroatoms. The third-order valence-corrected chi connectivity index (χ3v) is 3.06. The molecule has 0 bridgehead atoms. The van der Waals surface area contributed by atoms with E-state index in [4.69, 9.17) is 40.5 Å². The Balaban J connectivity index is 2.33. The van der Waals surface area contributed by atoms with Gasteiger partial charge in [-0.15, -0.1) is 0 Å². The molecule has 1 aromatic carbocycles. The van der Waals surface area contributed by atoms with E-state index in [9.17, 15) is 0 Å². The summed E-state index contributed by atoms with van der Waals surface area (Å²) >= 11 is 17.8. The minimum absolute atomic E-state index is 0.436. The van der Waals surface area contributed by atoms with E-state index in [-0.39, 0.29) is 0 Å². The maximum Gasteiger partial charge on any atom is 0.113 e. The Morgan fingerprint density at radius 2 is 1.80 bits per heavy atom. The summed E-state index contributed by atoms with van der Waals surface area (Å²) in [6.45, 7) is 0.642. The van der Waals surface area contributed by atoms with E-state index < -0.39 is 0 Å². The molecule has 0 atom stereocenters. The third-order valence-electron chi connectivity index (χ3n) is 2.04. The van der Waals surface area contributed by atoms with Gasteiger partial charge in [0.1, 0.15) is 5.82 Å². The summed E-state index contributed by atoms with van der Waals surface area (Å²) in [6.07, 6.45) is 1.85. The second-order valence-electron chi connectivity index (χ2n) is 3.10. The lowest BCUT2D eigenvalue weighted by molar-refractivity contribution is 0.797. The van der Waals surface area contributed by atoms with Gasteiger partial charge in [-0.1, -0.05) is 34.8 Å². The van der Waals surface area contributed by atoms with Crippen LogP contribution in [0.5, 0.6) is 0 Å². The van der Waals surface area contributed by atoms with Crippen LogP contribution in [0.3, 0.4) is 0 Å². The van der Waals surface area contributed by atoms with Crippen molar-refractivity contribution < 1.29 is 0 Å². The molecular formula is C9H8Cl3N3. The number of anilines is 1. The van der Waals surface area contributed by atoms with Crippen molar-refractivity contribution in [1.82, 2.24) is 5.43 Å². The maximum atomic E-state index is 6.04. The Kier molecular flexibility index (Phi) is 2.87. The Bertz CT molecular complexity index is 431. The molecule has 0 fully saturated rings. The van der Waals surface area contributed by atoms with E-state index >= 15 is 0 Å². The molecule has 1 heterocycles. The minimum Gasteiger partial charge on any atom is -0.384 e. The first-order chi connectivity index (χ1) is 7.08. The fraction of sp³-hybridized carbons (Fsp3) is 0.111. The van der Waals surface area contributed by atoms with Crippen LogP contribution in [0.25, 0.3) is 0 Å². The summed E-state index contributed by atoms with van der Waals surface area (Å²) in [6, 6.07) is 3.31. The first-order valence-electron chi connectivity index (χ1n) is 4.22. The van der Waals surface area contributed by atoms with Crippen LogP contribution in [0.15, 0.2) is 24.0 Å². The molecule has 15 heavy (non-hydrogen) atoms. The summed E-state index contributed by atoms with van der Waals surface area (Å²) in [4.78, 5) is 0. The first-order valence-corrected chi connectivity index (χ1v) is 5.35. The zero-order valence-electron chi connectivity index (χ0n) is 7.60. The molecule has 1 aromatic rings. The lowest BCUT2D eigenvalue weighted by atomic mass is 10.3. The number of nitrogens with one attached hydrogen (secondary N) is 1. The monoisotopic (exact) mass is 263 g/mol. The van der Waals surface area contributed by atoms with Crippen molar-refractivity contribution in [2.75, 3.05) is 11.6 Å². The van der Waals surface area contributed by atoms with Crippen molar-refractivity contribution >= 4 is 40.5 Å². The van der Waals surface area contributed by atoms with Gasteiger partial charge in [-0.3, -0.25) is 10.4 Å². The average Bonchev–Trinajstić information content (AvgIpc) is 2.58. The van der Waals surface area contributed by atoms with E-state index in [2.05, 4.69) is 5.43 Å². The van der Waals surface area contributed by atoms with Gasteiger partial charge in [0.2, 0.25) is 0 Å². The van der Waals surface area contributed by atoms with Crippen LogP contribution in [0.4, 0.5) is 5.69 Å². The van der Waals surface area contributed by atoms with Crippen LogP contribution in [0.2, 0.25) is 15.1 Å². The van der Waals surface area contributed by atoms with Gasteiger partial charge in [0.05, 0.1) is 27.3 Å². The van der Waals surface area contributed by atoms with Gasteiger partial charge in [0.25, 0.3) is 0 Å². The SMILES string of the molecule is NC1=CCN(c2cc(Cl)c(Cl)cc2Cl)N1. The van der Waals surface area contributed by atoms with Crippen molar-refractivity contribution in [2.45, 2.75) is 0 Å². The van der Waals surface area contributed by atoms with Crippen LogP contribution in [-0.2, 0) is 0 Å². The molecule has 0 aromatic heterocycles. The summed E-state index contributed by atoms with van der Waals surface area (Å²) in [7, 11) is 0. The van der Waals surface area contributed by atoms with Gasteiger partial charge in [-0.25, -0.2) is 0 Å². The molecule has 0 aliphatic carbocycles. The number of hydrogen-bond acceptors (Lipinski definition) is 3. The summed E-state index contributed by atoms with van der Waals surface area (Å²) in [5.41, 5.74) is 9.28. The van der Waals surface area contributed by atoms with Crippen LogP contribution < -0.4 is 16.2 Å². The van der Waals surface area contributed by atoms with Gasteiger partial charge >= 0.3 is 0 Å². The lowest BCUT2D eigenvalue weighted by Gasteiger charge is -2.21. The molecule has 3 N–H and O–H groups in total. The number of halogens is 3. The molecule has 0 amide bonds. The second-order valence-corrected chi connectivity index (χ2v) is 4.32. The maximum absolute atomic E-state index is 6.04. The predicted molar refractivity (Wildman–Crippen MR) is 64.2 cm³/mol. The highest BCUT2D eigenvalue weighted by Crippen LogP contribution is 2.34. The molecule has 3 nitrogen and oxygen atoms in total. The predicted octanol–water partition coefficient (Wildman–Crippen LogP) is 2.77. The van der Waals surface area contributed by atoms with Crippen molar-refractivity contribution in [3.05, 3.63) is 39.1 Å². The number of hydrazine groups is 1. The van der Waals surface area contributed by atoms with Gasteiger partial charge in [0, 0.05) is 0 Å². The molecular weight excluding hydrogens is 256 g/mol. The van der Waals surface area contributed by atoms with E-state index in [1.54, 1.807) is 17.1 Å². The fourth-order valence-corrected chi connectivity index (χ4v) is 1.96. The number of nitrogens with two attached hydrogens (primary N) is 1. The molecule has 0 spiro atoms. The van der Waals surface area contributed by atoms with Crippen LogP contribution in [-0.4, -0.2) is 6.54 Å². The molecule has 0 saturated heterocycles. The van der Waals surface area contributed by atoms with E-state index in [1.807, 2.05) is 6.08 Å². The van der Waals surface area contributed by atoms with Crippen molar-refractivity contribution in [1.29, 1.82) is 0 Å². The van der Waals surface area contributed by atoms with Crippen LogP contribution in [0.1, 0.15) is 0 Å². The number of nitrogens with zero attached hydrogens (tertiary/aromatic N) is 1. The van der Waals surface area contributed by atoms with Gasteiger partial charge < -0.3 is 5.73 Å². The van der Waals surface area contributed by atoms with Gasteiger partial charge in [-0.2, -0.15) is 0 Å². The zero-order chi connectivity index (χ0) is 11.0. The Morgan fingerprint density at radius 3 is 2.40 bits per heavy atom. The topological polar surface area (TPSA) is 41.3 Å². The molecule has 0 saturated carbocycles. The highest BCUT2D eigenvalue weighted by Gasteiger charge is 2.16. The molecule has 0 unspecified atom stereocenters. The fourth-order valence-electron chi connectivity index (χ4n) is 1.31. The highest BCUT2D eigenvalue weighted by molar-refractivity contribution is 6.44. The third kappa shape index (κ3) is 2.09. The number of rotatable bonds is 1. The summed E-state index contributed by atoms with van der Waals surface area (Å²) < 4.78 is 0. The first kappa shape index (κ1) is 10.7. The number of hydrogen-bond donors (Lipinski definition) is 2. The normalized spacial score (nSPS) is 15.1. The summed E-state index contributed by atoms with van der Waals surface area (Å²) in [5.74, 6) is 0.595. The summed E-state index contributed by atoms with van der Waals surface area (Å²) in [5, 5.41) is 3.22. The van der Waals surface area contributed by atoms with E-state index in [0.29, 0.717) is 27.4 Å². The number of benzene rings is 1. The molecule has 0 radical (unpaired) electrons. The van der Waals surface area contributed by atoms with Crippen LogP contribution >= 0.6 is 34.8 Å². The molecule has 1 aliphatic heterocycles. The van der Waals surface area contributed by atoms with E-state index in [1.165, 1.54) is 0 Å². The molecule has 2 rings (SSSR count). The lowest BCUT2D eigenvalue weighted by Crippen LogP contribution is -2.34. The second kappa shape index (κ2) is 4.00. The Labute approximate surface area is 102 Å². The highest BCUT2D eigenvalue weighted by atomic mass is 35.5.